The van der Waals surface area contributed by atoms with Gasteiger partial charge in [-0.25, -0.2) is 14.4 Å². The average Bonchev–Trinajstić information content (AvgIpc) is 3.93. The molecule has 1 saturated carbocycles. The van der Waals surface area contributed by atoms with E-state index in [1.54, 1.807) is 18.3 Å². The fourth-order valence-electron chi connectivity index (χ4n) is 8.58. The van der Waals surface area contributed by atoms with Gasteiger partial charge in [-0.3, -0.25) is 0 Å². The SMILES string of the molecule is Cc1ncc(-c2cn(C3C4CNC3C4)c3c2c(OC[C@@H]2CCCN2C)nc2c(F)c(-c4cc(O)cc5ccccc45)c(CCC#N)cc23)o1. The Morgan fingerprint density at radius 2 is 2.06 bits per heavy atom. The maximum atomic E-state index is 17.6. The van der Waals surface area contributed by atoms with E-state index >= 15 is 4.39 Å². The number of phenolic OH excluding ortho intramolecular Hbond substituents is 1. The predicted molar refractivity (Wildman–Crippen MR) is 186 cm³/mol. The topological polar surface area (TPSA) is 112 Å². The third-order valence-electron chi connectivity index (χ3n) is 11.0. The van der Waals surface area contributed by atoms with Gasteiger partial charge in [-0.2, -0.15) is 5.26 Å². The summed E-state index contributed by atoms with van der Waals surface area (Å²) in [7, 11) is 2.11. The first-order valence-electron chi connectivity index (χ1n) is 17.2. The van der Waals surface area contributed by atoms with Gasteiger partial charge >= 0.3 is 0 Å². The number of hydrogen-bond acceptors (Lipinski definition) is 8. The molecule has 3 saturated heterocycles. The van der Waals surface area contributed by atoms with Crippen molar-refractivity contribution in [1.82, 2.24) is 24.8 Å². The lowest BCUT2D eigenvalue weighted by Gasteiger charge is -2.36. The fourth-order valence-corrected chi connectivity index (χ4v) is 8.58. The summed E-state index contributed by atoms with van der Waals surface area (Å²) in [6, 6.07) is 15.9. The molecular weight excluding hydrogens is 619 g/mol. The Morgan fingerprint density at radius 1 is 1.18 bits per heavy atom. The number of rotatable bonds is 8. The Morgan fingerprint density at radius 3 is 2.80 bits per heavy atom. The summed E-state index contributed by atoms with van der Waals surface area (Å²) in [5.41, 5.74) is 3.45. The molecule has 0 amide bonds. The van der Waals surface area contributed by atoms with Gasteiger partial charge in [-0.15, -0.1) is 0 Å². The summed E-state index contributed by atoms with van der Waals surface area (Å²) < 4.78 is 32.7. The van der Waals surface area contributed by atoms with Crippen molar-refractivity contribution in [3.05, 3.63) is 72.1 Å². The number of likely N-dealkylation sites (N-methyl/N-ethyl adjacent to an activating group) is 1. The number of nitrogens with one attached hydrogen (secondary N) is 1. The van der Waals surface area contributed by atoms with Crippen molar-refractivity contribution < 1.29 is 18.7 Å². The van der Waals surface area contributed by atoms with Crippen LogP contribution < -0.4 is 10.1 Å². The number of nitrogens with zero attached hydrogens (tertiary/aromatic N) is 5. The van der Waals surface area contributed by atoms with E-state index in [4.69, 9.17) is 14.1 Å². The predicted octanol–water partition coefficient (Wildman–Crippen LogP) is 7.28. The summed E-state index contributed by atoms with van der Waals surface area (Å²) in [5.74, 6) is 1.52. The number of aromatic hydroxyl groups is 1. The van der Waals surface area contributed by atoms with Gasteiger partial charge in [-0.05, 0) is 85.3 Å². The lowest BCUT2D eigenvalue weighted by atomic mass is 9.80. The van der Waals surface area contributed by atoms with E-state index in [1.165, 1.54) is 0 Å². The summed E-state index contributed by atoms with van der Waals surface area (Å²) in [5, 5.41) is 27.1. The van der Waals surface area contributed by atoms with Crippen LogP contribution in [0, 0.1) is 30.0 Å². The average molecular weight is 657 g/mol. The zero-order chi connectivity index (χ0) is 33.4. The highest BCUT2D eigenvalue weighted by molar-refractivity contribution is 6.13. The van der Waals surface area contributed by atoms with Crippen molar-refractivity contribution in [3.8, 4) is 40.1 Å². The molecule has 49 heavy (non-hydrogen) atoms. The Hall–Kier alpha value is -4.98. The van der Waals surface area contributed by atoms with Gasteiger partial charge in [0.2, 0.25) is 5.88 Å². The van der Waals surface area contributed by atoms with Crippen molar-refractivity contribution in [2.45, 2.75) is 57.2 Å². The van der Waals surface area contributed by atoms with Gasteiger partial charge < -0.3 is 29.0 Å². The number of nitriles is 1. The third kappa shape index (κ3) is 4.78. The number of oxazole rings is 1. The quantitative estimate of drug-likeness (QED) is 0.176. The van der Waals surface area contributed by atoms with Crippen LogP contribution in [0.4, 0.5) is 4.39 Å². The summed E-state index contributed by atoms with van der Waals surface area (Å²) in [6.45, 7) is 4.19. The van der Waals surface area contributed by atoms with Crippen LogP contribution in [0.5, 0.6) is 11.6 Å². The van der Waals surface area contributed by atoms with Crippen molar-refractivity contribution in [2.75, 3.05) is 26.7 Å². The maximum absolute atomic E-state index is 17.6. The highest BCUT2D eigenvalue weighted by Gasteiger charge is 2.48. The molecule has 4 fully saturated rings. The molecule has 9 nitrogen and oxygen atoms in total. The number of phenols is 1. The number of benzene rings is 3. The van der Waals surface area contributed by atoms with Crippen LogP contribution in [0.3, 0.4) is 0 Å². The smallest absolute Gasteiger partial charge is 0.224 e. The third-order valence-corrected chi connectivity index (χ3v) is 11.0. The summed E-state index contributed by atoms with van der Waals surface area (Å²) in [6.07, 6.45) is 7.60. The number of pyridine rings is 1. The molecule has 10 heteroatoms. The van der Waals surface area contributed by atoms with E-state index in [-0.39, 0.29) is 29.8 Å². The van der Waals surface area contributed by atoms with Crippen LogP contribution in [0.25, 0.3) is 55.0 Å². The Labute approximate surface area is 282 Å². The normalized spacial score (nSPS) is 21.9. The zero-order valence-corrected chi connectivity index (χ0v) is 27.5. The number of fused-ring (bicyclic) bond motifs is 5. The molecular formula is C39H37FN6O3. The van der Waals surface area contributed by atoms with Crippen molar-refractivity contribution in [2.24, 2.45) is 5.92 Å². The van der Waals surface area contributed by atoms with E-state index in [1.807, 2.05) is 37.3 Å². The lowest BCUT2D eigenvalue weighted by Crippen LogP contribution is -2.38. The molecule has 4 atom stereocenters. The van der Waals surface area contributed by atoms with Crippen molar-refractivity contribution in [1.29, 1.82) is 5.26 Å². The van der Waals surface area contributed by atoms with Crippen LogP contribution in [-0.4, -0.2) is 63.4 Å². The van der Waals surface area contributed by atoms with E-state index in [0.29, 0.717) is 64.6 Å². The lowest BCUT2D eigenvalue weighted by molar-refractivity contribution is 0.195. The van der Waals surface area contributed by atoms with Crippen molar-refractivity contribution in [3.63, 3.8) is 0 Å². The van der Waals surface area contributed by atoms with Gasteiger partial charge in [0.15, 0.2) is 17.5 Å². The molecule has 3 aliphatic heterocycles. The van der Waals surface area contributed by atoms with Gasteiger partial charge in [0.05, 0.1) is 29.2 Å². The number of likely N-dealkylation sites (tertiary alicyclic amines) is 1. The summed E-state index contributed by atoms with van der Waals surface area (Å²) in [4.78, 5) is 11.7. The standard InChI is InChI=1S/C39H37FN6O3/c1-21-42-18-32(49-21)30-19-46(37-24-15-31(37)43-17-24)38-29-14-23(8-5-11-41)33(28-16-26(47)13-22-7-3-4-10-27(22)28)35(40)36(29)44-39(34(30)38)48-20-25-9-6-12-45(25)2/h3-4,7,10,13-14,16,18-19,24-25,31,37,43,47H,5-6,8-9,12,15,17,20H2,1-2H3/t24?,25-,31?,37?/m0/s1. The molecule has 6 aromatic rings. The maximum Gasteiger partial charge on any atom is 0.224 e. The molecule has 3 unspecified atom stereocenters. The molecule has 6 heterocycles. The van der Waals surface area contributed by atoms with E-state index in [0.717, 1.165) is 59.6 Å². The van der Waals surface area contributed by atoms with E-state index < -0.39 is 5.82 Å². The molecule has 2 bridgehead atoms. The Kier molecular flexibility index (Phi) is 7.11. The highest BCUT2D eigenvalue weighted by atomic mass is 19.1. The molecule has 2 N–H and O–H groups in total. The van der Waals surface area contributed by atoms with E-state index in [9.17, 15) is 10.4 Å². The highest BCUT2D eigenvalue weighted by Crippen LogP contribution is 2.50. The minimum absolute atomic E-state index is 0.0429. The number of ether oxygens (including phenoxy) is 1. The first-order chi connectivity index (χ1) is 23.9. The van der Waals surface area contributed by atoms with Crippen LogP contribution in [-0.2, 0) is 6.42 Å². The molecule has 3 aromatic heterocycles. The largest absolute Gasteiger partial charge is 0.508 e. The van der Waals surface area contributed by atoms with Crippen LogP contribution in [0.2, 0.25) is 0 Å². The van der Waals surface area contributed by atoms with Gasteiger partial charge in [0, 0.05) is 54.7 Å². The monoisotopic (exact) mass is 656 g/mol. The minimum atomic E-state index is -0.495. The Bertz CT molecular complexity index is 2310. The van der Waals surface area contributed by atoms with Crippen LogP contribution in [0.1, 0.15) is 43.2 Å². The first kappa shape index (κ1) is 30.1. The molecule has 0 radical (unpaired) electrons. The molecule has 248 valence electrons. The Balaban J connectivity index is 1.36. The molecule has 3 aromatic carbocycles. The zero-order valence-electron chi connectivity index (χ0n) is 27.5. The van der Waals surface area contributed by atoms with Gasteiger partial charge in [0.25, 0.3) is 0 Å². The second-order valence-electron chi connectivity index (χ2n) is 13.9. The molecule has 1 aliphatic carbocycles. The summed E-state index contributed by atoms with van der Waals surface area (Å²) >= 11 is 0. The van der Waals surface area contributed by atoms with Gasteiger partial charge in [-0.1, -0.05) is 24.3 Å². The number of aryl methyl sites for hydroxylation is 2. The second-order valence-corrected chi connectivity index (χ2v) is 13.9. The molecule has 4 aliphatic rings. The van der Waals surface area contributed by atoms with Crippen molar-refractivity contribution >= 4 is 32.6 Å². The number of aromatic nitrogens is 3. The van der Waals surface area contributed by atoms with Gasteiger partial charge in [0.1, 0.15) is 17.9 Å². The first-order valence-corrected chi connectivity index (χ1v) is 17.2. The van der Waals surface area contributed by atoms with Crippen LogP contribution in [0.15, 0.2) is 59.3 Å². The molecule has 0 spiro atoms. The second kappa shape index (κ2) is 11.6. The molecule has 10 rings (SSSR count). The van der Waals surface area contributed by atoms with E-state index in [2.05, 4.69) is 39.1 Å². The van der Waals surface area contributed by atoms with Crippen LogP contribution >= 0.6 is 0 Å². The number of hydrogen-bond donors (Lipinski definition) is 2. The fraction of sp³-hybridized carbons (Fsp3) is 0.359. The number of halogens is 1. The minimum Gasteiger partial charge on any atom is -0.508 e.